The molecule has 0 aliphatic rings. The maximum Gasteiger partial charge on any atom is 0.305 e. The Morgan fingerprint density at radius 3 is 2.44 bits per heavy atom. The molecule has 5 nitrogen and oxygen atoms in total. The number of carbonyl (C=O) groups is 1. The predicted molar refractivity (Wildman–Crippen MR) is 104 cm³/mol. The van der Waals surface area contributed by atoms with E-state index in [1.54, 1.807) is 6.92 Å². The number of ether oxygens (including phenoxy) is 3. The molecule has 0 aliphatic heterocycles. The molecule has 27 heavy (non-hydrogen) atoms. The molecule has 0 aliphatic carbocycles. The van der Waals surface area contributed by atoms with Crippen LogP contribution in [0.1, 0.15) is 25.5 Å². The monoisotopic (exact) mass is 365 g/mol. The Bertz CT molecular complexity index is 877. The number of hydrogen-bond acceptors (Lipinski definition) is 5. The second-order valence-corrected chi connectivity index (χ2v) is 6.01. The molecule has 0 unspecified atom stereocenters. The highest BCUT2D eigenvalue weighted by Gasteiger charge is 2.03. The van der Waals surface area contributed by atoms with Gasteiger partial charge in [-0.1, -0.05) is 24.3 Å². The molecule has 1 aromatic heterocycles. The fourth-order valence-electron chi connectivity index (χ4n) is 2.62. The summed E-state index contributed by atoms with van der Waals surface area (Å²) in [4.78, 5) is 15.9. The third kappa shape index (κ3) is 5.71. The van der Waals surface area contributed by atoms with Crippen LogP contribution in [0.25, 0.3) is 10.9 Å². The molecule has 0 N–H and O–H groups in total. The van der Waals surface area contributed by atoms with Crippen LogP contribution in [0.15, 0.2) is 60.7 Å². The third-order valence-electron chi connectivity index (χ3n) is 3.97. The van der Waals surface area contributed by atoms with E-state index < -0.39 is 0 Å². The van der Waals surface area contributed by atoms with E-state index in [1.807, 2.05) is 60.7 Å². The Hall–Kier alpha value is -3.08. The van der Waals surface area contributed by atoms with Crippen LogP contribution >= 0.6 is 0 Å². The van der Waals surface area contributed by atoms with Crippen molar-refractivity contribution in [3.8, 4) is 11.5 Å². The summed E-state index contributed by atoms with van der Waals surface area (Å²) in [6.07, 6.45) is 0.999. The Kier molecular flexibility index (Phi) is 6.63. The van der Waals surface area contributed by atoms with Crippen molar-refractivity contribution in [2.24, 2.45) is 0 Å². The summed E-state index contributed by atoms with van der Waals surface area (Å²) in [7, 11) is 0. The fraction of sp³-hybridized carbons (Fsp3) is 0.273. The summed E-state index contributed by atoms with van der Waals surface area (Å²) >= 11 is 0. The molecule has 0 saturated carbocycles. The molecule has 0 fully saturated rings. The molecule has 0 atom stereocenters. The van der Waals surface area contributed by atoms with Crippen LogP contribution in [0.2, 0.25) is 0 Å². The Labute approximate surface area is 158 Å². The van der Waals surface area contributed by atoms with E-state index in [0.717, 1.165) is 28.1 Å². The van der Waals surface area contributed by atoms with Crippen molar-refractivity contribution < 1.29 is 19.0 Å². The normalized spacial score (nSPS) is 10.6. The van der Waals surface area contributed by atoms with Crippen molar-refractivity contribution in [2.45, 2.75) is 26.4 Å². The molecule has 2 aromatic carbocycles. The van der Waals surface area contributed by atoms with E-state index in [0.29, 0.717) is 32.7 Å². The third-order valence-corrected chi connectivity index (χ3v) is 3.97. The number of benzene rings is 2. The second-order valence-electron chi connectivity index (χ2n) is 6.01. The second kappa shape index (κ2) is 9.57. The van der Waals surface area contributed by atoms with Crippen LogP contribution in [-0.4, -0.2) is 24.2 Å². The Morgan fingerprint density at radius 1 is 0.926 bits per heavy atom. The van der Waals surface area contributed by atoms with E-state index >= 15 is 0 Å². The van der Waals surface area contributed by atoms with Crippen molar-refractivity contribution in [1.82, 2.24) is 4.98 Å². The maximum atomic E-state index is 11.3. The first kappa shape index (κ1) is 18.7. The minimum atomic E-state index is -0.188. The van der Waals surface area contributed by atoms with Gasteiger partial charge < -0.3 is 14.2 Å². The highest BCUT2D eigenvalue weighted by molar-refractivity contribution is 5.78. The molecule has 140 valence electrons. The lowest BCUT2D eigenvalue weighted by Gasteiger charge is -2.09. The van der Waals surface area contributed by atoms with Gasteiger partial charge in [0.1, 0.15) is 18.1 Å². The number of rotatable bonds is 9. The number of carbonyl (C=O) groups excluding carboxylic acids is 1. The quantitative estimate of drug-likeness (QED) is 0.412. The van der Waals surface area contributed by atoms with Gasteiger partial charge in [-0.05, 0) is 49.7 Å². The lowest BCUT2D eigenvalue weighted by Crippen LogP contribution is -2.06. The van der Waals surface area contributed by atoms with Crippen LogP contribution in [0.3, 0.4) is 0 Å². The number of fused-ring (bicyclic) bond motifs is 1. The maximum absolute atomic E-state index is 11.3. The zero-order chi connectivity index (χ0) is 18.9. The molecule has 3 rings (SSSR count). The van der Waals surface area contributed by atoms with E-state index in [4.69, 9.17) is 14.2 Å². The van der Waals surface area contributed by atoms with Gasteiger partial charge in [0.15, 0.2) is 0 Å². The van der Waals surface area contributed by atoms with E-state index in [1.165, 1.54) is 0 Å². The highest BCUT2D eigenvalue weighted by Crippen LogP contribution is 2.19. The van der Waals surface area contributed by atoms with Gasteiger partial charge in [0.2, 0.25) is 0 Å². The van der Waals surface area contributed by atoms with Crippen molar-refractivity contribution in [3.63, 3.8) is 0 Å². The van der Waals surface area contributed by atoms with Crippen molar-refractivity contribution in [3.05, 3.63) is 66.4 Å². The average molecular weight is 365 g/mol. The van der Waals surface area contributed by atoms with Gasteiger partial charge in [0.25, 0.3) is 0 Å². The van der Waals surface area contributed by atoms with Crippen molar-refractivity contribution >= 4 is 16.9 Å². The number of hydrogen-bond donors (Lipinski definition) is 0. The van der Waals surface area contributed by atoms with Crippen LogP contribution in [0.5, 0.6) is 11.5 Å². The summed E-state index contributed by atoms with van der Waals surface area (Å²) in [6.45, 7) is 3.09. The summed E-state index contributed by atoms with van der Waals surface area (Å²) in [5.41, 5.74) is 1.85. The van der Waals surface area contributed by atoms with E-state index in [-0.39, 0.29) is 5.97 Å². The molecular formula is C22H23NO4. The summed E-state index contributed by atoms with van der Waals surface area (Å²) in [5.74, 6) is 1.31. The van der Waals surface area contributed by atoms with Crippen molar-refractivity contribution in [1.29, 1.82) is 0 Å². The summed E-state index contributed by atoms with van der Waals surface area (Å²) < 4.78 is 16.3. The molecule has 0 radical (unpaired) electrons. The fourth-order valence-corrected chi connectivity index (χ4v) is 2.62. The van der Waals surface area contributed by atoms with Gasteiger partial charge in [-0.3, -0.25) is 4.79 Å². The lowest BCUT2D eigenvalue weighted by atomic mass is 10.2. The summed E-state index contributed by atoms with van der Waals surface area (Å²) in [6, 6.07) is 19.5. The number of nitrogens with zero attached hydrogens (tertiary/aromatic N) is 1. The van der Waals surface area contributed by atoms with E-state index in [9.17, 15) is 4.79 Å². The molecule has 0 amide bonds. The molecule has 0 bridgehead atoms. The zero-order valence-corrected chi connectivity index (χ0v) is 15.4. The first-order valence-corrected chi connectivity index (χ1v) is 9.10. The van der Waals surface area contributed by atoms with Crippen molar-refractivity contribution in [2.75, 3.05) is 13.2 Å². The number of para-hydroxylation sites is 1. The average Bonchev–Trinajstić information content (AvgIpc) is 2.70. The lowest BCUT2D eigenvalue weighted by molar-refractivity contribution is -0.143. The van der Waals surface area contributed by atoms with Crippen LogP contribution in [0.4, 0.5) is 0 Å². The SMILES string of the molecule is CCOC(=O)CCCOc1ccc(OCc2ccc3ccccc3n2)cc1. The molecule has 1 heterocycles. The van der Waals surface area contributed by atoms with Gasteiger partial charge in [0.05, 0.1) is 24.4 Å². The van der Waals surface area contributed by atoms with E-state index in [2.05, 4.69) is 4.98 Å². The van der Waals surface area contributed by atoms with Gasteiger partial charge in [0, 0.05) is 11.8 Å². The molecule has 0 spiro atoms. The highest BCUT2D eigenvalue weighted by atomic mass is 16.5. The number of pyridine rings is 1. The van der Waals surface area contributed by atoms with Crippen LogP contribution < -0.4 is 9.47 Å². The van der Waals surface area contributed by atoms with Crippen LogP contribution in [0, 0.1) is 0 Å². The topological polar surface area (TPSA) is 57.7 Å². The standard InChI is InChI=1S/C22H23NO4/c1-2-25-22(24)8-5-15-26-19-11-13-20(14-12-19)27-16-18-10-9-17-6-3-4-7-21(17)23-18/h3-4,6-7,9-14H,2,5,8,15-16H2,1H3. The first-order chi connectivity index (χ1) is 13.2. The first-order valence-electron chi connectivity index (χ1n) is 9.10. The Morgan fingerprint density at radius 2 is 1.67 bits per heavy atom. The zero-order valence-electron chi connectivity index (χ0n) is 15.4. The number of aromatic nitrogens is 1. The van der Waals surface area contributed by atoms with Crippen LogP contribution in [-0.2, 0) is 16.1 Å². The molecule has 3 aromatic rings. The van der Waals surface area contributed by atoms with Gasteiger partial charge >= 0.3 is 5.97 Å². The minimum absolute atomic E-state index is 0.188. The molecular weight excluding hydrogens is 342 g/mol. The molecule has 5 heteroatoms. The summed E-state index contributed by atoms with van der Waals surface area (Å²) in [5, 5.41) is 1.12. The van der Waals surface area contributed by atoms with Gasteiger partial charge in [-0.15, -0.1) is 0 Å². The smallest absolute Gasteiger partial charge is 0.305 e. The number of esters is 1. The molecule has 0 saturated heterocycles. The minimum Gasteiger partial charge on any atom is -0.494 e. The van der Waals surface area contributed by atoms with Gasteiger partial charge in [-0.2, -0.15) is 0 Å². The largest absolute Gasteiger partial charge is 0.494 e. The Balaban J connectivity index is 1.45. The predicted octanol–water partition coefficient (Wildman–Crippen LogP) is 4.54. The van der Waals surface area contributed by atoms with Gasteiger partial charge in [-0.25, -0.2) is 4.98 Å².